The van der Waals surface area contributed by atoms with Crippen LogP contribution in [0.15, 0.2) is 54.6 Å². The van der Waals surface area contributed by atoms with Crippen molar-refractivity contribution in [3.05, 3.63) is 60.2 Å². The van der Waals surface area contributed by atoms with Gasteiger partial charge in [0.05, 0.1) is 26.3 Å². The van der Waals surface area contributed by atoms with Gasteiger partial charge in [-0.05, 0) is 29.8 Å². The minimum absolute atomic E-state index is 0.583. The number of hydrogen-bond donors (Lipinski definition) is 1. The van der Waals surface area contributed by atoms with Crippen molar-refractivity contribution in [1.82, 2.24) is 0 Å². The average molecular weight is 330 g/mol. The van der Waals surface area contributed by atoms with Crippen LogP contribution in [0.5, 0.6) is 11.5 Å². The fourth-order valence-electron chi connectivity index (χ4n) is 2.31. The lowest BCUT2D eigenvalue weighted by molar-refractivity contribution is -0.655. The highest BCUT2D eigenvalue weighted by Gasteiger charge is 1.99. The molecule has 0 fully saturated rings. The molecule has 0 saturated heterocycles. The van der Waals surface area contributed by atoms with Crippen molar-refractivity contribution in [2.75, 3.05) is 33.4 Å². The normalized spacial score (nSPS) is 10.5. The van der Waals surface area contributed by atoms with Crippen LogP contribution in [0.2, 0.25) is 0 Å². The van der Waals surface area contributed by atoms with E-state index in [0.29, 0.717) is 6.61 Å². The molecule has 2 rings (SSSR count). The Hall–Kier alpha value is -2.04. The average Bonchev–Trinajstić information content (AvgIpc) is 2.64. The summed E-state index contributed by atoms with van der Waals surface area (Å²) in [4.78, 5) is 0. The largest absolute Gasteiger partial charge is 0.493 e. The highest BCUT2D eigenvalue weighted by Crippen LogP contribution is 2.18. The minimum atomic E-state index is 0.583. The zero-order chi connectivity index (χ0) is 16.9. The molecule has 4 nitrogen and oxygen atoms in total. The Labute approximate surface area is 144 Å². The Kier molecular flexibility index (Phi) is 8.76. The first-order valence-electron chi connectivity index (χ1n) is 8.58. The van der Waals surface area contributed by atoms with E-state index in [1.807, 2.05) is 42.5 Å². The molecule has 0 spiro atoms. The van der Waals surface area contributed by atoms with Crippen LogP contribution in [0.25, 0.3) is 0 Å². The maximum Gasteiger partial charge on any atom is 0.120 e. The van der Waals surface area contributed by atoms with Gasteiger partial charge in [0.1, 0.15) is 18.1 Å². The Morgan fingerprint density at radius 2 is 1.38 bits per heavy atom. The molecule has 0 aromatic heterocycles. The summed E-state index contributed by atoms with van der Waals surface area (Å²) in [5.41, 5.74) is 1.17. The van der Waals surface area contributed by atoms with Crippen LogP contribution < -0.4 is 14.8 Å². The van der Waals surface area contributed by atoms with Gasteiger partial charge in [-0.2, -0.15) is 0 Å². The highest BCUT2D eigenvalue weighted by atomic mass is 16.5. The second-order valence-corrected chi connectivity index (χ2v) is 5.66. The molecule has 0 unspecified atom stereocenters. The molecule has 0 bridgehead atoms. The van der Waals surface area contributed by atoms with Gasteiger partial charge in [-0.1, -0.05) is 30.3 Å². The van der Waals surface area contributed by atoms with E-state index in [1.54, 1.807) is 7.11 Å². The minimum Gasteiger partial charge on any atom is -0.493 e. The molecular formula is C20H28NO3+. The van der Waals surface area contributed by atoms with Crippen molar-refractivity contribution in [1.29, 1.82) is 0 Å². The molecule has 0 aliphatic carbocycles. The van der Waals surface area contributed by atoms with Crippen LogP contribution in [0.4, 0.5) is 0 Å². The van der Waals surface area contributed by atoms with Gasteiger partial charge >= 0.3 is 0 Å². The number of hydrogen-bond acceptors (Lipinski definition) is 3. The highest BCUT2D eigenvalue weighted by molar-refractivity contribution is 5.31. The maximum atomic E-state index is 5.77. The van der Waals surface area contributed by atoms with Gasteiger partial charge in [-0.3, -0.25) is 0 Å². The molecule has 0 saturated carbocycles. The van der Waals surface area contributed by atoms with Gasteiger partial charge in [0, 0.05) is 20.0 Å². The van der Waals surface area contributed by atoms with Crippen LogP contribution in [0.1, 0.15) is 18.4 Å². The molecule has 0 aliphatic rings. The molecule has 0 radical (unpaired) electrons. The van der Waals surface area contributed by atoms with Crippen LogP contribution in [0.3, 0.4) is 0 Å². The summed E-state index contributed by atoms with van der Waals surface area (Å²) in [5, 5.41) is 2.31. The molecule has 2 N–H and O–H groups in total. The summed E-state index contributed by atoms with van der Waals surface area (Å²) in [5.74, 6) is 1.75. The van der Waals surface area contributed by atoms with E-state index < -0.39 is 0 Å². The van der Waals surface area contributed by atoms with Crippen LogP contribution in [-0.4, -0.2) is 33.4 Å². The van der Waals surface area contributed by atoms with Gasteiger partial charge in [-0.15, -0.1) is 0 Å². The quantitative estimate of drug-likeness (QED) is 0.609. The van der Waals surface area contributed by atoms with Crippen molar-refractivity contribution < 1.29 is 19.5 Å². The first kappa shape index (κ1) is 18.3. The lowest BCUT2D eigenvalue weighted by atomic mass is 10.2. The van der Waals surface area contributed by atoms with E-state index in [4.69, 9.17) is 14.2 Å². The second kappa shape index (κ2) is 11.5. The first-order chi connectivity index (χ1) is 11.9. The molecule has 2 aromatic rings. The topological polar surface area (TPSA) is 44.3 Å². The number of quaternary nitrogens is 1. The van der Waals surface area contributed by atoms with E-state index in [9.17, 15) is 0 Å². The summed E-state index contributed by atoms with van der Waals surface area (Å²) in [6.45, 7) is 4.36. The number of methoxy groups -OCH3 is 1. The van der Waals surface area contributed by atoms with Gasteiger partial charge < -0.3 is 19.5 Å². The van der Waals surface area contributed by atoms with Crippen molar-refractivity contribution in [3.63, 3.8) is 0 Å². The maximum absolute atomic E-state index is 5.77. The van der Waals surface area contributed by atoms with Gasteiger partial charge in [-0.25, -0.2) is 0 Å². The van der Waals surface area contributed by atoms with E-state index in [1.165, 1.54) is 5.56 Å². The molecule has 0 aliphatic heterocycles. The van der Waals surface area contributed by atoms with Gasteiger partial charge in [0.2, 0.25) is 0 Å². The number of ether oxygens (including phenoxy) is 3. The third-order valence-electron chi connectivity index (χ3n) is 3.65. The van der Waals surface area contributed by atoms with E-state index in [-0.39, 0.29) is 0 Å². The molecule has 4 heteroatoms. The summed E-state index contributed by atoms with van der Waals surface area (Å²) in [7, 11) is 1.74. The molecule has 130 valence electrons. The Bertz CT molecular complexity index is 543. The standard InChI is InChI=1S/C20H27NO3/c1-22-15-5-13-21-14-6-16-23-19-9-11-20(12-10-19)24-17-18-7-3-2-4-8-18/h2-4,7-12,21H,5-6,13-17H2,1H3/p+1. The zero-order valence-corrected chi connectivity index (χ0v) is 14.4. The lowest BCUT2D eigenvalue weighted by Crippen LogP contribution is -2.84. The second-order valence-electron chi connectivity index (χ2n) is 5.66. The van der Waals surface area contributed by atoms with Crippen molar-refractivity contribution in [2.24, 2.45) is 0 Å². The number of nitrogens with two attached hydrogens (primary N) is 1. The van der Waals surface area contributed by atoms with E-state index >= 15 is 0 Å². The Morgan fingerprint density at radius 3 is 2.04 bits per heavy atom. The van der Waals surface area contributed by atoms with Crippen LogP contribution in [-0.2, 0) is 11.3 Å². The fourth-order valence-corrected chi connectivity index (χ4v) is 2.31. The van der Waals surface area contributed by atoms with Crippen molar-refractivity contribution >= 4 is 0 Å². The van der Waals surface area contributed by atoms with Crippen LogP contribution >= 0.6 is 0 Å². The summed E-state index contributed by atoms with van der Waals surface area (Å²) in [6.07, 6.45) is 2.14. The monoisotopic (exact) mass is 330 g/mol. The van der Waals surface area contributed by atoms with E-state index in [0.717, 1.165) is 50.6 Å². The first-order valence-corrected chi connectivity index (χ1v) is 8.58. The van der Waals surface area contributed by atoms with Gasteiger partial charge in [0.25, 0.3) is 0 Å². The summed E-state index contributed by atoms with van der Waals surface area (Å²) in [6, 6.07) is 18.0. The molecule has 0 atom stereocenters. The van der Waals surface area contributed by atoms with Crippen molar-refractivity contribution in [3.8, 4) is 11.5 Å². The van der Waals surface area contributed by atoms with Crippen molar-refractivity contribution in [2.45, 2.75) is 19.4 Å². The lowest BCUT2D eigenvalue weighted by Gasteiger charge is -2.09. The third kappa shape index (κ3) is 7.49. The molecule has 2 aromatic carbocycles. The fraction of sp³-hybridized carbons (Fsp3) is 0.400. The Balaban J connectivity index is 1.58. The predicted molar refractivity (Wildman–Crippen MR) is 95.5 cm³/mol. The zero-order valence-electron chi connectivity index (χ0n) is 14.4. The SMILES string of the molecule is COCCC[NH2+]CCCOc1ccc(OCc2ccccc2)cc1. The predicted octanol–water partition coefficient (Wildman–Crippen LogP) is 2.63. The molecular weight excluding hydrogens is 302 g/mol. The third-order valence-corrected chi connectivity index (χ3v) is 3.65. The van der Waals surface area contributed by atoms with E-state index in [2.05, 4.69) is 17.4 Å². The number of rotatable bonds is 12. The smallest absolute Gasteiger partial charge is 0.120 e. The van der Waals surface area contributed by atoms with Crippen LogP contribution in [0, 0.1) is 0 Å². The summed E-state index contributed by atoms with van der Waals surface area (Å²) >= 11 is 0. The molecule has 0 amide bonds. The Morgan fingerprint density at radius 1 is 0.750 bits per heavy atom. The van der Waals surface area contributed by atoms with Gasteiger partial charge in [0.15, 0.2) is 0 Å². The summed E-state index contributed by atoms with van der Waals surface area (Å²) < 4.78 is 16.5. The molecule has 0 heterocycles. The molecule has 24 heavy (non-hydrogen) atoms. The number of benzene rings is 2.